The molecule has 0 radical (unpaired) electrons. The molecule has 0 aromatic rings. The lowest BCUT2D eigenvalue weighted by atomic mass is 10.0. The van der Waals surface area contributed by atoms with Crippen molar-refractivity contribution in [3.05, 3.63) is 0 Å². The maximum atomic E-state index is 13.0. The summed E-state index contributed by atoms with van der Waals surface area (Å²) >= 11 is 0. The van der Waals surface area contributed by atoms with Gasteiger partial charge in [-0.15, -0.1) is 0 Å². The lowest BCUT2D eigenvalue weighted by Gasteiger charge is -2.21. The van der Waals surface area contributed by atoms with Crippen LogP contribution in [0.5, 0.6) is 0 Å². The maximum absolute atomic E-state index is 13.0. The molecule has 0 aliphatic rings. The first-order chi connectivity index (χ1) is 41.7. The van der Waals surface area contributed by atoms with Crippen molar-refractivity contribution in [2.45, 2.75) is 356 Å². The number of hydrogen-bond acceptors (Lipinski definition) is 15. The first-order valence-corrected chi connectivity index (χ1v) is 38.3. The van der Waals surface area contributed by atoms with Crippen LogP contribution in [0.1, 0.15) is 337 Å². The fourth-order valence-corrected chi connectivity index (χ4v) is 11.8. The highest BCUT2D eigenvalue weighted by Crippen LogP contribution is 2.45. The van der Waals surface area contributed by atoms with E-state index >= 15 is 0 Å². The molecule has 0 aliphatic carbocycles. The lowest BCUT2D eigenvalue weighted by Crippen LogP contribution is -2.30. The second-order valence-corrected chi connectivity index (χ2v) is 28.9. The molecule has 19 heteroatoms. The largest absolute Gasteiger partial charge is 0.472 e. The molecular formula is C68H132O17P2. The normalized spacial score (nSPS) is 14.3. The van der Waals surface area contributed by atoms with Gasteiger partial charge in [-0.3, -0.25) is 37.3 Å². The zero-order valence-corrected chi connectivity index (χ0v) is 58.3. The molecule has 0 bridgehead atoms. The minimum atomic E-state index is -4.95. The van der Waals surface area contributed by atoms with Gasteiger partial charge in [0.05, 0.1) is 26.4 Å². The molecule has 0 saturated heterocycles. The Kier molecular flexibility index (Phi) is 57.8. The summed E-state index contributed by atoms with van der Waals surface area (Å²) in [4.78, 5) is 72.4. The number of phosphoric acid groups is 2. The van der Waals surface area contributed by atoms with E-state index in [0.717, 1.165) is 108 Å². The average Bonchev–Trinajstić information content (AvgIpc) is 3.68. The number of rotatable bonds is 66. The number of ether oxygens (including phenoxy) is 4. The molecule has 516 valence electrons. The number of carbonyl (C=O) groups excluding carboxylic acids is 4. The molecule has 0 rings (SSSR count). The van der Waals surface area contributed by atoms with E-state index < -0.39 is 97.5 Å². The van der Waals surface area contributed by atoms with Crippen molar-refractivity contribution in [1.82, 2.24) is 0 Å². The Morgan fingerprint density at radius 3 is 0.782 bits per heavy atom. The molecule has 5 atom stereocenters. The molecule has 2 unspecified atom stereocenters. The van der Waals surface area contributed by atoms with Gasteiger partial charge >= 0.3 is 39.5 Å². The van der Waals surface area contributed by atoms with Crippen LogP contribution in [0.3, 0.4) is 0 Å². The molecule has 0 aromatic heterocycles. The van der Waals surface area contributed by atoms with E-state index in [2.05, 4.69) is 48.5 Å². The molecule has 0 aliphatic heterocycles. The van der Waals surface area contributed by atoms with E-state index in [0.29, 0.717) is 25.7 Å². The summed E-state index contributed by atoms with van der Waals surface area (Å²) in [6, 6.07) is 0. The van der Waals surface area contributed by atoms with Crippen molar-refractivity contribution in [2.75, 3.05) is 39.6 Å². The van der Waals surface area contributed by atoms with Gasteiger partial charge in [0.15, 0.2) is 12.2 Å². The Hall–Kier alpha value is -1.94. The molecular weight excluding hydrogens is 1150 g/mol. The number of hydrogen-bond donors (Lipinski definition) is 3. The summed E-state index contributed by atoms with van der Waals surface area (Å²) in [6.45, 7) is 11.8. The highest BCUT2D eigenvalue weighted by atomic mass is 31.2. The second kappa shape index (κ2) is 59.1. The maximum Gasteiger partial charge on any atom is 0.472 e. The smallest absolute Gasteiger partial charge is 0.462 e. The molecule has 0 saturated carbocycles. The number of aliphatic hydroxyl groups excluding tert-OH is 1. The molecule has 0 spiro atoms. The molecule has 0 aromatic carbocycles. The van der Waals surface area contributed by atoms with Crippen LogP contribution in [0.2, 0.25) is 0 Å². The predicted octanol–water partition coefficient (Wildman–Crippen LogP) is 19.1. The predicted molar refractivity (Wildman–Crippen MR) is 349 cm³/mol. The van der Waals surface area contributed by atoms with E-state index in [4.69, 9.17) is 37.0 Å². The minimum absolute atomic E-state index is 0.104. The summed E-state index contributed by atoms with van der Waals surface area (Å²) in [7, 11) is -9.90. The summed E-state index contributed by atoms with van der Waals surface area (Å²) in [5.41, 5.74) is 0. The van der Waals surface area contributed by atoms with Gasteiger partial charge in [0.2, 0.25) is 0 Å². The number of esters is 4. The van der Waals surface area contributed by atoms with Crippen LogP contribution in [-0.2, 0) is 65.4 Å². The Morgan fingerprint density at radius 2 is 0.529 bits per heavy atom. The number of carbonyl (C=O) groups is 4. The standard InChI is InChI=1S/C68H132O17P2/c1-8-9-10-11-12-13-20-28-35-42-49-65(70)78-56-64(85-68(73)52-45-38-31-24-23-27-34-41-48-61(6)7)58-83-87(76,77)81-54-62(69)53-80-86(74,75)82-57-63(84-67(72)51-44-37-30-22-17-15-19-26-33-40-47-60(4)5)55-79-66(71)50-43-36-29-21-16-14-18-25-32-39-46-59(2)3/h59-64,69H,8-58H2,1-7H3,(H,74,75)(H,76,77)/t62-,63-,64-/m1/s1. The van der Waals surface area contributed by atoms with Crippen molar-refractivity contribution in [2.24, 2.45) is 17.8 Å². The minimum Gasteiger partial charge on any atom is -0.462 e. The second-order valence-electron chi connectivity index (χ2n) is 26.0. The highest BCUT2D eigenvalue weighted by molar-refractivity contribution is 7.47. The van der Waals surface area contributed by atoms with Gasteiger partial charge in [-0.2, -0.15) is 0 Å². The topological polar surface area (TPSA) is 237 Å². The van der Waals surface area contributed by atoms with Crippen molar-refractivity contribution in [1.29, 1.82) is 0 Å². The first kappa shape index (κ1) is 85.1. The fourth-order valence-electron chi connectivity index (χ4n) is 10.2. The van der Waals surface area contributed by atoms with E-state index in [9.17, 15) is 43.2 Å². The van der Waals surface area contributed by atoms with Gasteiger partial charge < -0.3 is 33.8 Å². The zero-order chi connectivity index (χ0) is 64.5. The molecule has 3 N–H and O–H groups in total. The van der Waals surface area contributed by atoms with Gasteiger partial charge in [-0.05, 0) is 43.4 Å². The molecule has 0 amide bonds. The Morgan fingerprint density at radius 1 is 0.310 bits per heavy atom. The van der Waals surface area contributed by atoms with Gasteiger partial charge in [0.1, 0.15) is 19.3 Å². The van der Waals surface area contributed by atoms with Crippen molar-refractivity contribution in [3.8, 4) is 0 Å². The summed E-state index contributed by atoms with van der Waals surface area (Å²) < 4.78 is 68.2. The fraction of sp³-hybridized carbons (Fsp3) is 0.941. The summed E-state index contributed by atoms with van der Waals surface area (Å²) in [5, 5.41) is 10.6. The van der Waals surface area contributed by atoms with E-state index in [-0.39, 0.29) is 25.7 Å². The number of unbranched alkanes of at least 4 members (excludes halogenated alkanes) is 34. The molecule has 0 heterocycles. The van der Waals surface area contributed by atoms with Crippen LogP contribution in [0.25, 0.3) is 0 Å². The highest BCUT2D eigenvalue weighted by Gasteiger charge is 2.30. The van der Waals surface area contributed by atoms with E-state index in [1.807, 2.05) is 0 Å². The quantitative estimate of drug-likeness (QED) is 0.0222. The van der Waals surface area contributed by atoms with E-state index in [1.165, 1.54) is 148 Å². The van der Waals surface area contributed by atoms with Crippen molar-refractivity contribution >= 4 is 39.5 Å². The zero-order valence-electron chi connectivity index (χ0n) is 56.5. The molecule has 87 heavy (non-hydrogen) atoms. The van der Waals surface area contributed by atoms with Crippen LogP contribution in [0.15, 0.2) is 0 Å². The first-order valence-electron chi connectivity index (χ1n) is 35.3. The van der Waals surface area contributed by atoms with Crippen LogP contribution in [-0.4, -0.2) is 96.7 Å². The van der Waals surface area contributed by atoms with Gasteiger partial charge in [-0.1, -0.05) is 286 Å². The van der Waals surface area contributed by atoms with Crippen LogP contribution in [0.4, 0.5) is 0 Å². The SMILES string of the molecule is CCCCCCCCCCCCC(=O)OC[C@H](COP(=O)(O)OC[C@H](O)COP(=O)(O)OC[C@@H](COC(=O)CCCCCCCCCCCCC(C)C)OC(=O)CCCCCCCCCCCCC(C)C)OC(=O)CCCCCCCCCCC(C)C. The lowest BCUT2D eigenvalue weighted by molar-refractivity contribution is -0.161. The van der Waals surface area contributed by atoms with Gasteiger partial charge in [0.25, 0.3) is 0 Å². The third-order valence-corrected chi connectivity index (χ3v) is 17.5. The van der Waals surface area contributed by atoms with Crippen LogP contribution >= 0.6 is 15.6 Å². The Balaban J connectivity index is 5.25. The van der Waals surface area contributed by atoms with Crippen molar-refractivity contribution < 1.29 is 80.2 Å². The van der Waals surface area contributed by atoms with Crippen LogP contribution < -0.4 is 0 Å². The monoisotopic (exact) mass is 1280 g/mol. The molecule has 0 fully saturated rings. The van der Waals surface area contributed by atoms with Gasteiger partial charge in [-0.25, -0.2) is 9.13 Å². The van der Waals surface area contributed by atoms with Crippen LogP contribution in [0, 0.1) is 17.8 Å². The number of aliphatic hydroxyl groups is 1. The molecule has 17 nitrogen and oxygen atoms in total. The Labute approximate surface area is 530 Å². The summed E-state index contributed by atoms with van der Waals surface area (Å²) in [5.74, 6) is 0.0984. The van der Waals surface area contributed by atoms with E-state index in [1.54, 1.807) is 0 Å². The Bertz CT molecular complexity index is 1720. The summed E-state index contributed by atoms with van der Waals surface area (Å²) in [6.07, 6.45) is 41.6. The van der Waals surface area contributed by atoms with Crippen molar-refractivity contribution in [3.63, 3.8) is 0 Å². The third kappa shape index (κ3) is 62.6. The third-order valence-electron chi connectivity index (χ3n) is 15.6. The number of phosphoric ester groups is 2. The average molecular weight is 1280 g/mol. The van der Waals surface area contributed by atoms with Gasteiger partial charge in [0, 0.05) is 25.7 Å².